The van der Waals surface area contributed by atoms with E-state index in [1.807, 2.05) is 0 Å². The van der Waals surface area contributed by atoms with E-state index in [1.54, 1.807) is 24.3 Å². The molecule has 0 amide bonds. The maximum Gasteiger partial charge on any atom is 0.436 e. The lowest BCUT2D eigenvalue weighted by atomic mass is 10.0. The second-order valence-corrected chi connectivity index (χ2v) is 5.81. The molecular weight excluding hydrogens is 371 g/mol. The Kier molecular flexibility index (Phi) is 4.62. The lowest BCUT2D eigenvalue weighted by molar-refractivity contribution is -0.443. The summed E-state index contributed by atoms with van der Waals surface area (Å²) in [6.07, 6.45) is -6.62. The van der Waals surface area contributed by atoms with Gasteiger partial charge in [-0.15, -0.1) is 0 Å². The largest absolute Gasteiger partial charge is 0.469 e. The van der Waals surface area contributed by atoms with Crippen LogP contribution < -0.4 is 4.74 Å². The van der Waals surface area contributed by atoms with Gasteiger partial charge in [0.05, 0.1) is 4.92 Å². The fourth-order valence-electron chi connectivity index (χ4n) is 2.33. The number of fused-ring (bicyclic) bond motifs is 1. The number of nitrogens with zero attached hydrogens (tertiary/aromatic N) is 1. The topological polar surface area (TPSA) is 52.4 Å². The van der Waals surface area contributed by atoms with Crippen LogP contribution in [0.3, 0.4) is 0 Å². The molecule has 2 aromatic carbocycles. The van der Waals surface area contributed by atoms with Crippen LogP contribution in [0.5, 0.6) is 5.75 Å². The molecule has 0 bridgehead atoms. The maximum atomic E-state index is 13.0. The average Bonchev–Trinajstić information content (AvgIpc) is 2.59. The van der Waals surface area contributed by atoms with E-state index in [4.69, 9.17) is 16.3 Å². The maximum absolute atomic E-state index is 13.0. The fraction of sp³-hybridized carbons (Fsp3) is 0.111. The molecule has 0 radical (unpaired) electrons. The minimum Gasteiger partial charge on any atom is -0.469 e. The summed E-state index contributed by atoms with van der Waals surface area (Å²) in [7, 11) is 0. The summed E-state index contributed by atoms with van der Waals surface area (Å²) in [5, 5.41) is 11.5. The number of hydrogen-bond donors (Lipinski definition) is 0. The molecule has 0 fully saturated rings. The van der Waals surface area contributed by atoms with E-state index in [2.05, 4.69) is 11.8 Å². The van der Waals surface area contributed by atoms with Gasteiger partial charge in [0.25, 0.3) is 11.8 Å². The highest BCUT2D eigenvalue weighted by Crippen LogP contribution is 2.37. The molecule has 1 heterocycles. The third-order valence-electron chi connectivity index (χ3n) is 3.53. The summed E-state index contributed by atoms with van der Waals surface area (Å²) in [6, 6.07) is 11.0. The van der Waals surface area contributed by atoms with Gasteiger partial charge < -0.3 is 4.74 Å². The van der Waals surface area contributed by atoms with E-state index < -0.39 is 22.9 Å². The molecule has 3 rings (SSSR count). The second-order valence-electron chi connectivity index (χ2n) is 5.38. The van der Waals surface area contributed by atoms with Crippen molar-refractivity contribution in [3.8, 4) is 17.6 Å². The molecule has 0 spiro atoms. The molecule has 1 aliphatic heterocycles. The minimum atomic E-state index is -4.89. The van der Waals surface area contributed by atoms with Gasteiger partial charge >= 0.3 is 6.18 Å². The normalized spacial score (nSPS) is 15.8. The van der Waals surface area contributed by atoms with Crippen molar-refractivity contribution in [3.05, 3.63) is 80.0 Å². The molecule has 0 aliphatic carbocycles. The van der Waals surface area contributed by atoms with Gasteiger partial charge in [0.1, 0.15) is 5.75 Å². The Morgan fingerprint density at radius 2 is 1.69 bits per heavy atom. The molecule has 0 saturated heterocycles. The molecule has 2 aromatic rings. The Hall–Kier alpha value is -2.98. The monoisotopic (exact) mass is 379 g/mol. The molecule has 0 saturated carbocycles. The van der Waals surface area contributed by atoms with E-state index in [0.717, 1.165) is 6.08 Å². The van der Waals surface area contributed by atoms with Gasteiger partial charge in [-0.2, -0.15) is 13.2 Å². The average molecular weight is 380 g/mol. The predicted octanol–water partition coefficient (Wildman–Crippen LogP) is 4.68. The highest BCUT2D eigenvalue weighted by atomic mass is 35.5. The quantitative estimate of drug-likeness (QED) is 0.410. The van der Waals surface area contributed by atoms with Crippen LogP contribution in [-0.4, -0.2) is 17.2 Å². The zero-order valence-corrected chi connectivity index (χ0v) is 13.6. The van der Waals surface area contributed by atoms with Gasteiger partial charge in [-0.3, -0.25) is 10.1 Å². The standard InChI is InChI=1S/C18H9ClF3NO3/c19-14-6-3-11(4-7-14)1-2-12-5-8-16-13(9-12)10-15(23(24)25)17(26-16)18(20,21)22/h3-10,17H. The summed E-state index contributed by atoms with van der Waals surface area (Å²) >= 11 is 5.79. The van der Waals surface area contributed by atoms with Gasteiger partial charge in [-0.05, 0) is 42.5 Å². The number of alkyl halides is 3. The first-order valence-electron chi connectivity index (χ1n) is 7.25. The van der Waals surface area contributed by atoms with Gasteiger partial charge in [-0.1, -0.05) is 23.4 Å². The van der Waals surface area contributed by atoms with Crippen molar-refractivity contribution in [2.75, 3.05) is 0 Å². The summed E-state index contributed by atoms with van der Waals surface area (Å²) in [5.41, 5.74) is 0.279. The summed E-state index contributed by atoms with van der Waals surface area (Å²) in [5.74, 6) is 5.64. The molecule has 4 nitrogen and oxygen atoms in total. The first-order valence-corrected chi connectivity index (χ1v) is 7.63. The SMILES string of the molecule is O=[N+]([O-])C1=Cc2cc(C#Cc3ccc(Cl)cc3)ccc2OC1C(F)(F)F. The molecule has 26 heavy (non-hydrogen) atoms. The first kappa shape index (κ1) is 17.8. The summed E-state index contributed by atoms with van der Waals surface area (Å²) in [6.45, 7) is 0. The zero-order chi connectivity index (χ0) is 18.9. The van der Waals surface area contributed by atoms with Crippen LogP contribution in [0.15, 0.2) is 48.2 Å². The molecule has 0 aromatic heterocycles. The van der Waals surface area contributed by atoms with Crippen molar-refractivity contribution < 1.29 is 22.8 Å². The van der Waals surface area contributed by atoms with Gasteiger partial charge in [0, 0.05) is 27.8 Å². The second kappa shape index (κ2) is 6.73. The lowest BCUT2D eigenvalue weighted by Crippen LogP contribution is -2.40. The van der Waals surface area contributed by atoms with Crippen LogP contribution in [-0.2, 0) is 0 Å². The fourth-order valence-corrected chi connectivity index (χ4v) is 2.46. The Morgan fingerprint density at radius 3 is 2.31 bits per heavy atom. The third-order valence-corrected chi connectivity index (χ3v) is 3.78. The first-order chi connectivity index (χ1) is 12.2. The molecule has 1 aliphatic rings. The van der Waals surface area contributed by atoms with Crippen LogP contribution in [0.2, 0.25) is 5.02 Å². The van der Waals surface area contributed by atoms with E-state index in [0.29, 0.717) is 16.1 Å². The zero-order valence-electron chi connectivity index (χ0n) is 12.9. The number of hydrogen-bond acceptors (Lipinski definition) is 3. The number of rotatable bonds is 1. The number of ether oxygens (including phenoxy) is 1. The Morgan fingerprint density at radius 1 is 1.08 bits per heavy atom. The van der Waals surface area contributed by atoms with Crippen LogP contribution >= 0.6 is 11.6 Å². The lowest BCUT2D eigenvalue weighted by Gasteiger charge is -2.24. The third kappa shape index (κ3) is 3.81. The molecule has 1 unspecified atom stereocenters. The number of halogens is 4. The number of benzene rings is 2. The van der Waals surface area contributed by atoms with Gasteiger partial charge in [-0.25, -0.2) is 0 Å². The highest BCUT2D eigenvalue weighted by molar-refractivity contribution is 6.30. The molecular formula is C18H9ClF3NO3. The van der Waals surface area contributed by atoms with Crippen molar-refractivity contribution in [1.29, 1.82) is 0 Å². The summed E-state index contributed by atoms with van der Waals surface area (Å²) in [4.78, 5) is 9.87. The molecule has 132 valence electrons. The molecule has 8 heteroatoms. The predicted molar refractivity (Wildman–Crippen MR) is 89.3 cm³/mol. The Balaban J connectivity index is 1.95. The van der Waals surface area contributed by atoms with E-state index in [1.165, 1.54) is 18.2 Å². The van der Waals surface area contributed by atoms with Gasteiger partial charge in [0.2, 0.25) is 0 Å². The number of nitro groups is 1. The van der Waals surface area contributed by atoms with Crippen molar-refractivity contribution in [1.82, 2.24) is 0 Å². The Labute approximate surface area is 151 Å². The molecule has 0 N–H and O–H groups in total. The summed E-state index contributed by atoms with van der Waals surface area (Å²) < 4.78 is 43.7. The van der Waals surface area contributed by atoms with E-state index in [9.17, 15) is 23.3 Å². The van der Waals surface area contributed by atoms with Gasteiger partial charge in [0.15, 0.2) is 0 Å². The highest BCUT2D eigenvalue weighted by Gasteiger charge is 2.51. The van der Waals surface area contributed by atoms with Crippen LogP contribution in [0.25, 0.3) is 6.08 Å². The molecule has 1 atom stereocenters. The minimum absolute atomic E-state index is 0.0880. The van der Waals surface area contributed by atoms with Crippen LogP contribution in [0, 0.1) is 22.0 Å². The van der Waals surface area contributed by atoms with E-state index in [-0.39, 0.29) is 11.3 Å². The van der Waals surface area contributed by atoms with E-state index >= 15 is 0 Å². The smallest absolute Gasteiger partial charge is 0.436 e. The van der Waals surface area contributed by atoms with Crippen molar-refractivity contribution in [2.24, 2.45) is 0 Å². The van der Waals surface area contributed by atoms with Crippen LogP contribution in [0.4, 0.5) is 13.2 Å². The Bertz CT molecular complexity index is 956. The van der Waals surface area contributed by atoms with Crippen LogP contribution in [0.1, 0.15) is 16.7 Å². The van der Waals surface area contributed by atoms with Crippen molar-refractivity contribution in [3.63, 3.8) is 0 Å². The van der Waals surface area contributed by atoms with Crippen molar-refractivity contribution in [2.45, 2.75) is 12.3 Å². The van der Waals surface area contributed by atoms with Crippen molar-refractivity contribution >= 4 is 17.7 Å².